The molecule has 2 rings (SSSR count). The maximum atomic E-state index is 12.6. The van der Waals surface area contributed by atoms with E-state index in [0.29, 0.717) is 18.5 Å². The van der Waals surface area contributed by atoms with Crippen molar-refractivity contribution in [1.29, 1.82) is 0 Å². The molecule has 0 aliphatic carbocycles. The first-order chi connectivity index (χ1) is 9.49. The Balaban J connectivity index is 2.12. The molecule has 1 aromatic rings. The van der Waals surface area contributed by atoms with Gasteiger partial charge in [0, 0.05) is 19.0 Å². The number of thiophene rings is 1. The number of carboxylic acid groups (broad SMARTS) is 1. The minimum Gasteiger partial charge on any atom is -0.481 e. The quantitative estimate of drug-likeness (QED) is 0.790. The lowest BCUT2D eigenvalue weighted by Gasteiger charge is -2.35. The van der Waals surface area contributed by atoms with Gasteiger partial charge in [-0.15, -0.1) is 11.3 Å². The molecule has 110 valence electrons. The number of hydrogen-bond donors (Lipinski definition) is 1. The van der Waals surface area contributed by atoms with Gasteiger partial charge < -0.3 is 10.0 Å². The summed E-state index contributed by atoms with van der Waals surface area (Å²) in [4.78, 5) is 25.2. The van der Waals surface area contributed by atoms with Crippen molar-refractivity contribution in [3.8, 4) is 0 Å². The molecule has 1 atom stereocenters. The van der Waals surface area contributed by atoms with Gasteiger partial charge in [0.2, 0.25) is 0 Å². The number of carbonyl (C=O) groups is 2. The molecule has 4 nitrogen and oxygen atoms in total. The van der Waals surface area contributed by atoms with E-state index in [0.717, 1.165) is 26.8 Å². The summed E-state index contributed by atoms with van der Waals surface area (Å²) < 4.78 is 1.73. The molecule has 7 heteroatoms. The molecule has 1 N–H and O–H groups in total. The smallest absolute Gasteiger partial charge is 0.303 e. The van der Waals surface area contributed by atoms with Gasteiger partial charge >= 0.3 is 5.97 Å². The van der Waals surface area contributed by atoms with E-state index in [1.165, 1.54) is 11.3 Å². The van der Waals surface area contributed by atoms with E-state index < -0.39 is 5.97 Å². The molecule has 1 aliphatic rings. The summed E-state index contributed by atoms with van der Waals surface area (Å²) in [5, 5.41) is 8.82. The van der Waals surface area contributed by atoms with Crippen molar-refractivity contribution in [2.45, 2.75) is 38.1 Å². The maximum Gasteiger partial charge on any atom is 0.303 e. The fourth-order valence-corrected chi connectivity index (χ4v) is 5.28. The van der Waals surface area contributed by atoms with Crippen molar-refractivity contribution in [1.82, 2.24) is 4.90 Å². The molecule has 1 aliphatic heterocycles. The molecule has 1 amide bonds. The predicted molar refractivity (Wildman–Crippen MR) is 85.3 cm³/mol. The van der Waals surface area contributed by atoms with Crippen LogP contribution in [0.1, 0.15) is 42.5 Å². The predicted octanol–water partition coefficient (Wildman–Crippen LogP) is 4.13. The molecule has 1 unspecified atom stereocenters. The van der Waals surface area contributed by atoms with E-state index in [-0.39, 0.29) is 18.4 Å². The second-order valence-electron chi connectivity index (χ2n) is 4.82. The van der Waals surface area contributed by atoms with Crippen LogP contribution < -0.4 is 0 Å². The van der Waals surface area contributed by atoms with Gasteiger partial charge in [-0.3, -0.25) is 9.59 Å². The van der Waals surface area contributed by atoms with Crippen molar-refractivity contribution in [2.24, 2.45) is 0 Å². The molecule has 0 spiro atoms. The molecule has 1 fully saturated rings. The monoisotopic (exact) mass is 423 g/mol. The zero-order chi connectivity index (χ0) is 14.7. The summed E-state index contributed by atoms with van der Waals surface area (Å²) in [6, 6.07) is 1.86. The molecule has 2 heterocycles. The minimum atomic E-state index is -0.803. The highest BCUT2D eigenvalue weighted by Crippen LogP contribution is 2.34. The second-order valence-corrected chi connectivity index (χ2v) is 8.57. The van der Waals surface area contributed by atoms with Crippen LogP contribution in [0.3, 0.4) is 0 Å². The van der Waals surface area contributed by atoms with E-state index in [9.17, 15) is 9.59 Å². The summed E-state index contributed by atoms with van der Waals surface area (Å²) in [7, 11) is 0. The van der Waals surface area contributed by atoms with Crippen molar-refractivity contribution < 1.29 is 14.7 Å². The number of rotatable bonds is 4. The first kappa shape index (κ1) is 16.0. The molecule has 1 aromatic heterocycles. The summed E-state index contributed by atoms with van der Waals surface area (Å²) in [5.74, 6) is -0.809. The number of carbonyl (C=O) groups excluding carboxylic acids is 1. The number of aliphatic carboxylic acids is 1. The Hall–Kier alpha value is -0.400. The Morgan fingerprint density at radius 3 is 2.75 bits per heavy atom. The molecule has 0 saturated carbocycles. The van der Waals surface area contributed by atoms with Gasteiger partial charge in [-0.2, -0.15) is 0 Å². The molecule has 0 aromatic carbocycles. The highest BCUT2D eigenvalue weighted by molar-refractivity contribution is 9.12. The average molecular weight is 425 g/mol. The van der Waals surface area contributed by atoms with Crippen LogP contribution in [0.2, 0.25) is 0 Å². The van der Waals surface area contributed by atoms with Crippen LogP contribution in [-0.2, 0) is 4.79 Å². The Labute approximate surface area is 138 Å². The molecule has 1 saturated heterocycles. The van der Waals surface area contributed by atoms with E-state index >= 15 is 0 Å². The Bertz CT molecular complexity index is 518. The Kier molecular flexibility index (Phi) is 5.63. The first-order valence-electron chi connectivity index (χ1n) is 6.46. The zero-order valence-corrected chi connectivity index (χ0v) is 14.8. The van der Waals surface area contributed by atoms with Crippen LogP contribution in [0, 0.1) is 0 Å². The molecule has 0 radical (unpaired) electrons. The summed E-state index contributed by atoms with van der Waals surface area (Å²) in [5.41, 5.74) is 0.657. The summed E-state index contributed by atoms with van der Waals surface area (Å²) in [6.07, 6.45) is 3.58. The number of piperidine rings is 1. The number of likely N-dealkylation sites (tertiary alicyclic amines) is 1. The molecular weight excluding hydrogens is 410 g/mol. The lowest BCUT2D eigenvalue weighted by molar-refractivity contribution is -0.137. The van der Waals surface area contributed by atoms with Gasteiger partial charge in [0.15, 0.2) is 0 Å². The van der Waals surface area contributed by atoms with Crippen LogP contribution >= 0.6 is 43.2 Å². The molecule has 20 heavy (non-hydrogen) atoms. The third-order valence-corrected chi connectivity index (χ3v) is 5.81. The molecule has 0 bridgehead atoms. The van der Waals surface area contributed by atoms with E-state index in [1.54, 1.807) is 0 Å². The van der Waals surface area contributed by atoms with Gasteiger partial charge in [0.25, 0.3) is 5.91 Å². The van der Waals surface area contributed by atoms with Crippen molar-refractivity contribution in [3.05, 3.63) is 19.2 Å². The maximum absolute atomic E-state index is 12.6. The van der Waals surface area contributed by atoms with Gasteiger partial charge in [-0.05, 0) is 63.6 Å². The summed E-state index contributed by atoms with van der Waals surface area (Å²) >= 11 is 8.27. The topological polar surface area (TPSA) is 57.6 Å². The van der Waals surface area contributed by atoms with Crippen LogP contribution in [0.25, 0.3) is 0 Å². The SMILES string of the molecule is O=C(O)CCC1CCCCN1C(=O)c1cc(Br)sc1Br. The van der Waals surface area contributed by atoms with E-state index in [4.69, 9.17) is 5.11 Å². The fraction of sp³-hybridized carbons (Fsp3) is 0.538. The number of amides is 1. The lowest BCUT2D eigenvalue weighted by atomic mass is 9.97. The Morgan fingerprint density at radius 2 is 2.15 bits per heavy atom. The van der Waals surface area contributed by atoms with E-state index in [1.807, 2.05) is 11.0 Å². The largest absolute Gasteiger partial charge is 0.481 e. The summed E-state index contributed by atoms with van der Waals surface area (Å²) in [6.45, 7) is 0.711. The number of carboxylic acids is 1. The lowest BCUT2D eigenvalue weighted by Crippen LogP contribution is -2.43. The normalized spacial score (nSPS) is 19.1. The van der Waals surface area contributed by atoms with Crippen LogP contribution in [0.4, 0.5) is 0 Å². The van der Waals surface area contributed by atoms with Gasteiger partial charge in [0.05, 0.1) is 13.1 Å². The number of hydrogen-bond acceptors (Lipinski definition) is 3. The third kappa shape index (κ3) is 3.83. The van der Waals surface area contributed by atoms with Crippen molar-refractivity contribution in [3.63, 3.8) is 0 Å². The van der Waals surface area contributed by atoms with Crippen molar-refractivity contribution in [2.75, 3.05) is 6.54 Å². The third-order valence-electron chi connectivity index (χ3n) is 3.47. The van der Waals surface area contributed by atoms with Crippen LogP contribution in [0.5, 0.6) is 0 Å². The first-order valence-corrected chi connectivity index (χ1v) is 8.87. The number of nitrogens with zero attached hydrogens (tertiary/aromatic N) is 1. The van der Waals surface area contributed by atoms with Crippen LogP contribution in [0.15, 0.2) is 13.6 Å². The standard InChI is InChI=1S/C13H15Br2NO3S/c14-10-7-9(12(15)20-10)13(19)16-6-2-1-3-8(16)4-5-11(17)18/h7-8H,1-6H2,(H,17,18). The molecular formula is C13H15Br2NO3S. The van der Waals surface area contributed by atoms with Crippen LogP contribution in [-0.4, -0.2) is 34.5 Å². The van der Waals surface area contributed by atoms with Gasteiger partial charge in [-0.1, -0.05) is 0 Å². The fourth-order valence-electron chi connectivity index (χ4n) is 2.50. The number of halogens is 2. The highest BCUT2D eigenvalue weighted by atomic mass is 79.9. The zero-order valence-electron chi connectivity index (χ0n) is 10.8. The van der Waals surface area contributed by atoms with E-state index in [2.05, 4.69) is 31.9 Å². The van der Waals surface area contributed by atoms with Crippen molar-refractivity contribution >= 4 is 55.1 Å². The van der Waals surface area contributed by atoms with Gasteiger partial charge in [0.1, 0.15) is 0 Å². The Morgan fingerprint density at radius 1 is 1.40 bits per heavy atom. The van der Waals surface area contributed by atoms with Gasteiger partial charge in [-0.25, -0.2) is 0 Å². The average Bonchev–Trinajstić information content (AvgIpc) is 2.75. The minimum absolute atomic E-state index is 0.00564. The second kappa shape index (κ2) is 7.04. The highest BCUT2D eigenvalue weighted by Gasteiger charge is 2.29.